The molecule has 0 amide bonds. The van der Waals surface area contributed by atoms with Gasteiger partial charge in [0, 0.05) is 6.20 Å². The van der Waals surface area contributed by atoms with Crippen molar-refractivity contribution < 1.29 is 20.1 Å². The maximum absolute atomic E-state index is 11.6. The zero-order chi connectivity index (χ0) is 13.4. The first-order valence-corrected chi connectivity index (χ1v) is 6.17. The molecular formula is C9H11IN2O6. The molecule has 0 aliphatic carbocycles. The van der Waals surface area contributed by atoms with E-state index < -0.39 is 42.4 Å². The Labute approximate surface area is 114 Å². The molecule has 2 rings (SSSR count). The molecule has 0 unspecified atom stereocenters. The van der Waals surface area contributed by atoms with Crippen LogP contribution >= 0.6 is 22.6 Å². The summed E-state index contributed by atoms with van der Waals surface area (Å²) in [6, 6.07) is 0. The minimum absolute atomic E-state index is 0.241. The fourth-order valence-electron chi connectivity index (χ4n) is 1.76. The Morgan fingerprint density at radius 3 is 2.61 bits per heavy atom. The van der Waals surface area contributed by atoms with E-state index in [-0.39, 0.29) is 3.57 Å². The topological polar surface area (TPSA) is 125 Å². The van der Waals surface area contributed by atoms with Crippen molar-refractivity contribution in [2.24, 2.45) is 0 Å². The van der Waals surface area contributed by atoms with E-state index in [1.165, 1.54) is 6.20 Å². The summed E-state index contributed by atoms with van der Waals surface area (Å²) < 4.78 is 6.40. The minimum Gasteiger partial charge on any atom is -0.394 e. The molecule has 0 spiro atoms. The fourth-order valence-corrected chi connectivity index (χ4v) is 2.19. The lowest BCUT2D eigenvalue weighted by Crippen LogP contribution is -2.38. The van der Waals surface area contributed by atoms with Gasteiger partial charge in [-0.15, -0.1) is 0 Å². The van der Waals surface area contributed by atoms with Gasteiger partial charge in [0.1, 0.15) is 18.3 Å². The second-order valence-electron chi connectivity index (χ2n) is 3.87. The smallest absolute Gasteiger partial charge is 0.330 e. The largest absolute Gasteiger partial charge is 0.394 e. The number of nitrogens with one attached hydrogen (secondary N) is 1. The van der Waals surface area contributed by atoms with Gasteiger partial charge in [-0.05, 0) is 22.6 Å². The molecule has 1 aromatic heterocycles. The van der Waals surface area contributed by atoms with Gasteiger partial charge in [-0.1, -0.05) is 0 Å². The molecule has 0 aromatic carbocycles. The Morgan fingerprint density at radius 1 is 1.39 bits per heavy atom. The van der Waals surface area contributed by atoms with Crippen LogP contribution in [0, 0.1) is 3.57 Å². The SMILES string of the molecule is O=c1[nH]c(=O)n([C@H]2O[C@@H](CO)[C@H](O)[C@H]2O)cc1I. The van der Waals surface area contributed by atoms with Crippen LogP contribution in [0.3, 0.4) is 0 Å². The third kappa shape index (κ3) is 2.23. The molecule has 1 aliphatic heterocycles. The van der Waals surface area contributed by atoms with E-state index in [0.29, 0.717) is 0 Å². The molecular weight excluding hydrogens is 359 g/mol. The number of halogens is 1. The normalized spacial score (nSPS) is 31.8. The van der Waals surface area contributed by atoms with E-state index in [2.05, 4.69) is 4.98 Å². The van der Waals surface area contributed by atoms with Crippen LogP contribution in [0.15, 0.2) is 15.8 Å². The lowest BCUT2D eigenvalue weighted by atomic mass is 10.1. The van der Waals surface area contributed by atoms with Gasteiger partial charge in [-0.2, -0.15) is 0 Å². The highest BCUT2D eigenvalue weighted by Gasteiger charge is 2.43. The standard InChI is InChI=1S/C9H11IN2O6/c10-3-1-12(9(17)11-7(3)16)8-6(15)5(14)4(2-13)18-8/h1,4-6,8,13-15H,2H2,(H,11,16,17)/t4-,5-,6+,8-/m0/s1. The Bertz CT molecular complexity index is 555. The van der Waals surface area contributed by atoms with Crippen LogP contribution in [0.25, 0.3) is 0 Å². The number of ether oxygens (including phenoxy) is 1. The molecule has 0 radical (unpaired) electrons. The number of hydrogen-bond donors (Lipinski definition) is 4. The second-order valence-corrected chi connectivity index (χ2v) is 5.03. The van der Waals surface area contributed by atoms with Crippen molar-refractivity contribution in [1.29, 1.82) is 0 Å². The molecule has 1 fully saturated rings. The minimum atomic E-state index is -1.36. The lowest BCUT2D eigenvalue weighted by Gasteiger charge is -2.17. The highest BCUT2D eigenvalue weighted by molar-refractivity contribution is 14.1. The van der Waals surface area contributed by atoms with Crippen molar-refractivity contribution in [3.05, 3.63) is 30.6 Å². The molecule has 4 atom stereocenters. The fraction of sp³-hybridized carbons (Fsp3) is 0.556. The summed E-state index contributed by atoms with van der Waals surface area (Å²) in [6.45, 7) is -0.482. The molecule has 1 aromatic rings. The predicted octanol–water partition coefficient (Wildman–Crippen LogP) is -2.25. The number of aromatic nitrogens is 2. The van der Waals surface area contributed by atoms with E-state index in [4.69, 9.17) is 9.84 Å². The van der Waals surface area contributed by atoms with Gasteiger partial charge in [0.25, 0.3) is 5.56 Å². The van der Waals surface area contributed by atoms with Crippen molar-refractivity contribution in [3.8, 4) is 0 Å². The Morgan fingerprint density at radius 2 is 2.06 bits per heavy atom. The summed E-state index contributed by atoms with van der Waals surface area (Å²) in [5, 5.41) is 28.3. The van der Waals surface area contributed by atoms with Crippen molar-refractivity contribution in [2.75, 3.05) is 6.61 Å². The van der Waals surface area contributed by atoms with Crippen molar-refractivity contribution in [2.45, 2.75) is 24.5 Å². The number of hydrogen-bond acceptors (Lipinski definition) is 6. The van der Waals surface area contributed by atoms with Gasteiger partial charge in [0.05, 0.1) is 10.2 Å². The first kappa shape index (κ1) is 13.7. The molecule has 0 bridgehead atoms. The number of nitrogens with zero attached hydrogens (tertiary/aromatic N) is 1. The van der Waals surface area contributed by atoms with Crippen LogP contribution in [0.1, 0.15) is 6.23 Å². The molecule has 4 N–H and O–H groups in total. The summed E-state index contributed by atoms with van der Waals surface area (Å²) in [6.07, 6.45) is -3.54. The molecule has 1 saturated heterocycles. The van der Waals surface area contributed by atoms with Crippen molar-refractivity contribution >= 4 is 22.6 Å². The van der Waals surface area contributed by atoms with E-state index >= 15 is 0 Å². The molecule has 9 heteroatoms. The van der Waals surface area contributed by atoms with Crippen LogP contribution in [-0.2, 0) is 4.74 Å². The number of aliphatic hydroxyl groups is 3. The lowest BCUT2D eigenvalue weighted by molar-refractivity contribution is -0.0551. The van der Waals surface area contributed by atoms with Gasteiger partial charge in [-0.25, -0.2) is 4.79 Å². The third-order valence-corrected chi connectivity index (χ3v) is 3.48. The summed E-state index contributed by atoms with van der Waals surface area (Å²) >= 11 is 1.73. The molecule has 8 nitrogen and oxygen atoms in total. The summed E-state index contributed by atoms with van der Waals surface area (Å²) in [4.78, 5) is 24.9. The summed E-state index contributed by atoms with van der Waals surface area (Å²) in [7, 11) is 0. The van der Waals surface area contributed by atoms with Crippen LogP contribution in [-0.4, -0.2) is 49.8 Å². The van der Waals surface area contributed by atoms with E-state index in [0.717, 1.165) is 4.57 Å². The van der Waals surface area contributed by atoms with Gasteiger partial charge in [0.2, 0.25) is 0 Å². The van der Waals surface area contributed by atoms with Gasteiger partial charge >= 0.3 is 5.69 Å². The molecule has 1 aliphatic rings. The van der Waals surface area contributed by atoms with Crippen LogP contribution in [0.2, 0.25) is 0 Å². The quantitative estimate of drug-likeness (QED) is 0.436. The average Bonchev–Trinajstić information content (AvgIpc) is 2.61. The van der Waals surface area contributed by atoms with E-state index in [1.807, 2.05) is 0 Å². The number of aromatic amines is 1. The summed E-state index contributed by atoms with van der Waals surface area (Å²) in [5.74, 6) is 0. The third-order valence-electron chi connectivity index (χ3n) is 2.72. The van der Waals surface area contributed by atoms with Crippen LogP contribution < -0.4 is 11.2 Å². The number of H-pyrrole nitrogens is 1. The molecule has 100 valence electrons. The van der Waals surface area contributed by atoms with E-state index in [1.54, 1.807) is 22.6 Å². The number of rotatable bonds is 2. The molecule has 2 heterocycles. The van der Waals surface area contributed by atoms with Gasteiger partial charge in [-0.3, -0.25) is 14.3 Å². The Hall–Kier alpha value is -0.750. The molecule has 0 saturated carbocycles. The Balaban J connectivity index is 2.42. The number of aliphatic hydroxyl groups excluding tert-OH is 3. The monoisotopic (exact) mass is 370 g/mol. The highest BCUT2D eigenvalue weighted by atomic mass is 127. The zero-order valence-corrected chi connectivity index (χ0v) is 11.1. The van der Waals surface area contributed by atoms with Gasteiger partial charge < -0.3 is 20.1 Å². The average molecular weight is 370 g/mol. The van der Waals surface area contributed by atoms with Crippen LogP contribution in [0.5, 0.6) is 0 Å². The van der Waals surface area contributed by atoms with Crippen molar-refractivity contribution in [1.82, 2.24) is 9.55 Å². The summed E-state index contributed by atoms with van der Waals surface area (Å²) in [5.41, 5.74) is -1.29. The van der Waals surface area contributed by atoms with Crippen LogP contribution in [0.4, 0.5) is 0 Å². The first-order valence-electron chi connectivity index (χ1n) is 5.09. The van der Waals surface area contributed by atoms with E-state index in [9.17, 15) is 19.8 Å². The van der Waals surface area contributed by atoms with Crippen molar-refractivity contribution in [3.63, 3.8) is 0 Å². The second kappa shape index (κ2) is 5.09. The predicted molar refractivity (Wildman–Crippen MR) is 67.0 cm³/mol. The molecule has 18 heavy (non-hydrogen) atoms. The Kier molecular flexibility index (Phi) is 3.87. The van der Waals surface area contributed by atoms with Gasteiger partial charge in [0.15, 0.2) is 6.23 Å². The maximum atomic E-state index is 11.6. The zero-order valence-electron chi connectivity index (χ0n) is 8.99. The maximum Gasteiger partial charge on any atom is 0.330 e. The highest BCUT2D eigenvalue weighted by Crippen LogP contribution is 2.27. The first-order chi connectivity index (χ1) is 8.45.